The maximum Gasteiger partial charge on any atom is 0.0476 e. The van der Waals surface area contributed by atoms with Gasteiger partial charge in [-0.1, -0.05) is 60.7 Å². The molecule has 1 aliphatic heterocycles. The lowest BCUT2D eigenvalue weighted by Gasteiger charge is -2.41. The van der Waals surface area contributed by atoms with Crippen LogP contribution in [0.5, 0.6) is 0 Å². The highest BCUT2D eigenvalue weighted by Gasteiger charge is 2.38. The highest BCUT2D eigenvalue weighted by atomic mass is 15.3. The molecule has 4 rings (SSSR count). The quantitative estimate of drug-likeness (QED) is 0.924. The standard InChI is InChI=1S/C19H22N2/c1-3-7-15(8-4-1)18-14-21(17-11-12-17)19(13-20-18)16-9-5-2-6-10-16/h1-10,17-20H,11-14H2. The Kier molecular flexibility index (Phi) is 3.50. The second kappa shape index (κ2) is 5.63. The van der Waals surface area contributed by atoms with Crippen LogP contribution in [0.2, 0.25) is 0 Å². The van der Waals surface area contributed by atoms with Gasteiger partial charge in [-0.05, 0) is 24.0 Å². The van der Waals surface area contributed by atoms with Crippen LogP contribution in [0.3, 0.4) is 0 Å². The van der Waals surface area contributed by atoms with E-state index in [0.717, 1.165) is 19.1 Å². The molecular formula is C19H22N2. The summed E-state index contributed by atoms with van der Waals surface area (Å²) in [6.45, 7) is 2.16. The van der Waals surface area contributed by atoms with Crippen LogP contribution in [0.15, 0.2) is 60.7 Å². The number of hydrogen-bond acceptors (Lipinski definition) is 2. The second-order valence-electron chi connectivity index (χ2n) is 6.23. The number of benzene rings is 2. The molecule has 1 saturated carbocycles. The molecule has 0 bridgehead atoms. The molecule has 0 amide bonds. The lowest BCUT2D eigenvalue weighted by atomic mass is 9.97. The largest absolute Gasteiger partial charge is 0.307 e. The van der Waals surface area contributed by atoms with Gasteiger partial charge in [0.2, 0.25) is 0 Å². The van der Waals surface area contributed by atoms with E-state index in [1.165, 1.54) is 24.0 Å². The lowest BCUT2D eigenvalue weighted by molar-refractivity contribution is 0.121. The van der Waals surface area contributed by atoms with Crippen molar-refractivity contribution >= 4 is 0 Å². The summed E-state index contributed by atoms with van der Waals surface area (Å²) in [6.07, 6.45) is 2.73. The summed E-state index contributed by atoms with van der Waals surface area (Å²) in [5, 5.41) is 3.75. The van der Waals surface area contributed by atoms with Crippen molar-refractivity contribution in [2.75, 3.05) is 13.1 Å². The number of hydrogen-bond donors (Lipinski definition) is 1. The minimum atomic E-state index is 0.465. The first-order valence-electron chi connectivity index (χ1n) is 8.01. The van der Waals surface area contributed by atoms with E-state index in [-0.39, 0.29) is 0 Å². The van der Waals surface area contributed by atoms with Gasteiger partial charge in [0.15, 0.2) is 0 Å². The number of piperazine rings is 1. The van der Waals surface area contributed by atoms with Crippen LogP contribution in [-0.2, 0) is 0 Å². The third kappa shape index (κ3) is 2.74. The summed E-state index contributed by atoms with van der Waals surface area (Å²) in [7, 11) is 0. The average molecular weight is 278 g/mol. The summed E-state index contributed by atoms with van der Waals surface area (Å²) in [4.78, 5) is 2.73. The molecule has 0 spiro atoms. The van der Waals surface area contributed by atoms with Crippen LogP contribution in [0, 0.1) is 0 Å². The van der Waals surface area contributed by atoms with Crippen LogP contribution in [-0.4, -0.2) is 24.0 Å². The lowest BCUT2D eigenvalue weighted by Crippen LogP contribution is -2.48. The Labute approximate surface area is 126 Å². The van der Waals surface area contributed by atoms with Crippen LogP contribution in [0.1, 0.15) is 36.1 Å². The normalized spacial score (nSPS) is 26.7. The molecule has 1 N–H and O–H groups in total. The van der Waals surface area contributed by atoms with Crippen molar-refractivity contribution in [3.8, 4) is 0 Å². The highest BCUT2D eigenvalue weighted by molar-refractivity contribution is 5.24. The van der Waals surface area contributed by atoms with Crippen molar-refractivity contribution in [2.45, 2.75) is 31.0 Å². The molecule has 108 valence electrons. The molecule has 0 radical (unpaired) electrons. The van der Waals surface area contributed by atoms with E-state index in [9.17, 15) is 0 Å². The molecule has 2 aliphatic rings. The van der Waals surface area contributed by atoms with Crippen LogP contribution < -0.4 is 5.32 Å². The Hall–Kier alpha value is -1.64. The van der Waals surface area contributed by atoms with Gasteiger partial charge < -0.3 is 5.32 Å². The first-order valence-corrected chi connectivity index (χ1v) is 8.01. The first-order chi connectivity index (χ1) is 10.4. The van der Waals surface area contributed by atoms with Gasteiger partial charge in [0.1, 0.15) is 0 Å². The van der Waals surface area contributed by atoms with E-state index in [1.807, 2.05) is 0 Å². The van der Waals surface area contributed by atoms with Crippen LogP contribution in [0.4, 0.5) is 0 Å². The smallest absolute Gasteiger partial charge is 0.0476 e. The van der Waals surface area contributed by atoms with Crippen LogP contribution in [0.25, 0.3) is 0 Å². The molecule has 2 aromatic rings. The number of nitrogens with zero attached hydrogens (tertiary/aromatic N) is 1. The fourth-order valence-electron chi connectivity index (χ4n) is 3.48. The fourth-order valence-corrected chi connectivity index (χ4v) is 3.48. The fraction of sp³-hybridized carbons (Fsp3) is 0.368. The van der Waals surface area contributed by atoms with Crippen molar-refractivity contribution in [1.29, 1.82) is 0 Å². The van der Waals surface area contributed by atoms with E-state index < -0.39 is 0 Å². The second-order valence-corrected chi connectivity index (χ2v) is 6.23. The van der Waals surface area contributed by atoms with Gasteiger partial charge in [-0.25, -0.2) is 0 Å². The molecule has 2 unspecified atom stereocenters. The molecule has 0 aromatic heterocycles. The van der Waals surface area contributed by atoms with Gasteiger partial charge >= 0.3 is 0 Å². The van der Waals surface area contributed by atoms with Crippen molar-refractivity contribution in [3.63, 3.8) is 0 Å². The van der Waals surface area contributed by atoms with Crippen molar-refractivity contribution in [2.24, 2.45) is 0 Å². The molecule has 1 heterocycles. The first kappa shape index (κ1) is 13.1. The third-order valence-corrected chi connectivity index (χ3v) is 4.75. The highest BCUT2D eigenvalue weighted by Crippen LogP contribution is 2.38. The minimum absolute atomic E-state index is 0.465. The van der Waals surface area contributed by atoms with Crippen LogP contribution >= 0.6 is 0 Å². The maximum absolute atomic E-state index is 3.75. The van der Waals surface area contributed by atoms with E-state index in [1.54, 1.807) is 0 Å². The summed E-state index contributed by atoms with van der Waals surface area (Å²) in [6, 6.07) is 23.6. The zero-order valence-corrected chi connectivity index (χ0v) is 12.3. The summed E-state index contributed by atoms with van der Waals surface area (Å²) in [5.74, 6) is 0. The Morgan fingerprint density at radius 3 is 2.05 bits per heavy atom. The van der Waals surface area contributed by atoms with Gasteiger partial charge in [0.25, 0.3) is 0 Å². The molecule has 1 aliphatic carbocycles. The monoisotopic (exact) mass is 278 g/mol. The van der Waals surface area contributed by atoms with Gasteiger partial charge in [-0.3, -0.25) is 4.90 Å². The Bertz CT molecular complexity index is 577. The predicted octanol–water partition coefficient (Wildman–Crippen LogP) is 3.54. The SMILES string of the molecule is c1ccc(C2CN(C3CC3)C(c3ccccc3)CN2)cc1. The summed E-state index contributed by atoms with van der Waals surface area (Å²) >= 11 is 0. The molecule has 2 heteroatoms. The van der Waals surface area contributed by atoms with Crippen molar-refractivity contribution < 1.29 is 0 Å². The molecule has 1 saturated heterocycles. The Morgan fingerprint density at radius 2 is 1.43 bits per heavy atom. The van der Waals surface area contributed by atoms with Gasteiger partial charge in [-0.15, -0.1) is 0 Å². The Morgan fingerprint density at radius 1 is 0.810 bits per heavy atom. The van der Waals surface area contributed by atoms with Crippen molar-refractivity contribution in [3.05, 3.63) is 71.8 Å². The third-order valence-electron chi connectivity index (χ3n) is 4.75. The summed E-state index contributed by atoms with van der Waals surface area (Å²) < 4.78 is 0. The van der Waals surface area contributed by atoms with E-state index in [2.05, 4.69) is 70.9 Å². The molecule has 2 atom stereocenters. The molecule has 2 fully saturated rings. The van der Waals surface area contributed by atoms with E-state index >= 15 is 0 Å². The average Bonchev–Trinajstić information content (AvgIpc) is 3.41. The van der Waals surface area contributed by atoms with Gasteiger partial charge in [0.05, 0.1) is 0 Å². The Balaban J connectivity index is 1.57. The molecule has 2 nitrogen and oxygen atoms in total. The zero-order chi connectivity index (χ0) is 14.1. The van der Waals surface area contributed by atoms with Gasteiger partial charge in [-0.2, -0.15) is 0 Å². The zero-order valence-electron chi connectivity index (χ0n) is 12.3. The molecular weight excluding hydrogens is 256 g/mol. The van der Waals surface area contributed by atoms with Gasteiger partial charge in [0, 0.05) is 31.2 Å². The summed E-state index contributed by atoms with van der Waals surface area (Å²) in [5.41, 5.74) is 2.86. The number of nitrogens with one attached hydrogen (secondary N) is 1. The van der Waals surface area contributed by atoms with E-state index in [0.29, 0.717) is 12.1 Å². The molecule has 21 heavy (non-hydrogen) atoms. The van der Waals surface area contributed by atoms with Crippen molar-refractivity contribution in [1.82, 2.24) is 10.2 Å². The molecule has 2 aromatic carbocycles. The van der Waals surface area contributed by atoms with E-state index in [4.69, 9.17) is 0 Å². The number of rotatable bonds is 3. The maximum atomic E-state index is 3.75. The minimum Gasteiger partial charge on any atom is -0.307 e. The predicted molar refractivity (Wildman–Crippen MR) is 86.1 cm³/mol. The topological polar surface area (TPSA) is 15.3 Å².